The zero-order valence-corrected chi connectivity index (χ0v) is 7.31. The predicted octanol–water partition coefficient (Wildman–Crippen LogP) is 2.35. The van der Waals surface area contributed by atoms with E-state index in [-0.39, 0.29) is 0 Å². The molecule has 0 amide bonds. The molecule has 0 saturated heterocycles. The molecule has 0 spiro atoms. The smallest absolute Gasteiger partial charge is 0.326 e. The molecule has 0 rings (SSSR count). The average molecular weight is 175 g/mol. The molecule has 0 fully saturated rings. The number of halogens is 1. The van der Waals surface area contributed by atoms with Gasteiger partial charge in [-0.2, -0.15) is 4.08 Å². The molecule has 5 heteroatoms. The van der Waals surface area contributed by atoms with Crippen LogP contribution in [-0.4, -0.2) is 4.89 Å². The van der Waals surface area contributed by atoms with Gasteiger partial charge in [0.15, 0.2) is 0 Å². The molecule has 58 valence electrons. The lowest BCUT2D eigenvalue weighted by molar-refractivity contribution is 0.425. The molecule has 9 heavy (non-hydrogen) atoms. The van der Waals surface area contributed by atoms with Crippen LogP contribution < -0.4 is 0 Å². The second-order valence-electron chi connectivity index (χ2n) is 1.34. The zero-order chi connectivity index (χ0) is 7.70. The Labute approximate surface area is 61.1 Å². The molecular formula is C4H12ClO3P. The maximum Gasteiger partial charge on any atom is 0.332 e. The molecule has 0 aliphatic heterocycles. The summed E-state index contributed by atoms with van der Waals surface area (Å²) in [5, 5.41) is 0. The lowest BCUT2D eigenvalue weighted by Crippen LogP contribution is -1.47. The Bertz CT molecular complexity index is 66.8. The van der Waals surface area contributed by atoms with Crippen molar-refractivity contribution in [3.8, 4) is 0 Å². The molecule has 3 nitrogen and oxygen atoms in total. The third-order valence-electron chi connectivity index (χ3n) is 0.566. The van der Waals surface area contributed by atoms with Gasteiger partial charge in [0.2, 0.25) is 0 Å². The van der Waals surface area contributed by atoms with Crippen molar-refractivity contribution in [2.24, 2.45) is 0 Å². The molecule has 0 aromatic rings. The van der Waals surface area contributed by atoms with Gasteiger partial charge in [0, 0.05) is 0 Å². The molecule has 1 atom stereocenters. The van der Waals surface area contributed by atoms with Gasteiger partial charge in [-0.3, -0.25) is 4.57 Å². The first-order valence-corrected chi connectivity index (χ1v) is 4.27. The Morgan fingerprint density at radius 2 is 1.78 bits per heavy atom. The molecule has 0 aromatic carbocycles. The van der Waals surface area contributed by atoms with Gasteiger partial charge in [0.1, 0.15) is 0 Å². The lowest BCUT2D eigenvalue weighted by Gasteiger charge is -1.73. The summed E-state index contributed by atoms with van der Waals surface area (Å²) >= 11 is 4.32. The largest absolute Gasteiger partial charge is 0.332 e. The summed E-state index contributed by atoms with van der Waals surface area (Å²) < 4.78 is 12.5. The minimum atomic E-state index is -2.86. The van der Waals surface area contributed by atoms with Crippen LogP contribution in [0.4, 0.5) is 0 Å². The molecule has 0 heterocycles. The summed E-state index contributed by atoms with van der Waals surface area (Å²) in [5.74, 6) is 0. The topological polar surface area (TPSA) is 46.5 Å². The maximum absolute atomic E-state index is 9.20. The fourth-order valence-electron chi connectivity index (χ4n) is 0. The lowest BCUT2D eigenvalue weighted by atomic mass is 10.4. The van der Waals surface area contributed by atoms with Crippen molar-refractivity contribution in [2.75, 3.05) is 0 Å². The van der Waals surface area contributed by atoms with Crippen LogP contribution in [0.15, 0.2) is 0 Å². The Balaban J connectivity index is 0. The fourth-order valence-corrected chi connectivity index (χ4v) is 0. The highest BCUT2D eigenvalue weighted by Crippen LogP contribution is 2.15. The Morgan fingerprint density at radius 1 is 1.56 bits per heavy atom. The molecule has 0 aromatic heterocycles. The second kappa shape index (κ2) is 11.3. The van der Waals surface area contributed by atoms with E-state index in [0.717, 1.165) is 0 Å². The number of hydrogen-bond donors (Lipinski definition) is 1. The van der Waals surface area contributed by atoms with Crippen LogP contribution in [0.2, 0.25) is 0 Å². The predicted molar refractivity (Wildman–Crippen MR) is 38.7 cm³/mol. The van der Waals surface area contributed by atoms with Gasteiger partial charge < -0.3 is 4.89 Å². The molecule has 0 radical (unpaired) electrons. The zero-order valence-electron chi connectivity index (χ0n) is 5.56. The average Bonchev–Trinajstić information content (AvgIpc) is 1.89. The first-order chi connectivity index (χ1) is 4.18. The van der Waals surface area contributed by atoms with Crippen molar-refractivity contribution in [2.45, 2.75) is 26.7 Å². The van der Waals surface area contributed by atoms with Crippen molar-refractivity contribution in [1.82, 2.24) is 0 Å². The third kappa shape index (κ3) is 29.6. The van der Waals surface area contributed by atoms with Crippen molar-refractivity contribution in [3.63, 3.8) is 0 Å². The van der Waals surface area contributed by atoms with E-state index in [1.165, 1.54) is 12.8 Å². The fraction of sp³-hybridized carbons (Fsp3) is 1.00. The molecule has 0 bridgehead atoms. The third-order valence-corrected chi connectivity index (χ3v) is 1.09. The van der Waals surface area contributed by atoms with Gasteiger partial charge in [-0.15, -0.1) is 0 Å². The van der Waals surface area contributed by atoms with Gasteiger partial charge in [0.25, 0.3) is 0 Å². The quantitative estimate of drug-likeness (QED) is 0.654. The van der Waals surface area contributed by atoms with E-state index in [1.54, 1.807) is 0 Å². The van der Waals surface area contributed by atoms with Crippen molar-refractivity contribution in [3.05, 3.63) is 0 Å². The van der Waals surface area contributed by atoms with Crippen molar-refractivity contribution < 1.29 is 13.5 Å². The van der Waals surface area contributed by atoms with E-state index in [4.69, 9.17) is 4.89 Å². The first-order valence-electron chi connectivity index (χ1n) is 2.70. The highest BCUT2D eigenvalue weighted by molar-refractivity contribution is 7.33. The molecular weight excluding hydrogens is 162 g/mol. The number of hydrogen-bond acceptors (Lipinski definition) is 2. The highest BCUT2D eigenvalue weighted by Gasteiger charge is 1.78. The van der Waals surface area contributed by atoms with Crippen LogP contribution in [-0.2, 0) is 8.64 Å². The van der Waals surface area contributed by atoms with Crippen LogP contribution >= 0.6 is 20.1 Å². The van der Waals surface area contributed by atoms with Gasteiger partial charge in [-0.05, 0) is 0 Å². The van der Waals surface area contributed by atoms with Crippen LogP contribution in [0.25, 0.3) is 0 Å². The van der Waals surface area contributed by atoms with Gasteiger partial charge >= 0.3 is 8.25 Å². The van der Waals surface area contributed by atoms with Gasteiger partial charge in [-0.25, -0.2) is 0 Å². The monoisotopic (exact) mass is 174 g/mol. The Morgan fingerprint density at radius 3 is 1.78 bits per heavy atom. The molecule has 0 saturated carbocycles. The normalized spacial score (nSPS) is 11.6. The van der Waals surface area contributed by atoms with Crippen molar-refractivity contribution >= 4 is 20.1 Å². The van der Waals surface area contributed by atoms with Crippen LogP contribution in [0.3, 0.4) is 0 Å². The molecule has 0 aliphatic carbocycles. The van der Waals surface area contributed by atoms with Crippen molar-refractivity contribution in [1.29, 1.82) is 0 Å². The van der Waals surface area contributed by atoms with E-state index in [9.17, 15) is 4.57 Å². The standard InChI is InChI=1S/C4H10.ClH2O3P/c1-3-4-2;1-4-5(2)3/h3-4H2,1-2H3;5H,(H,2,3). The minimum absolute atomic E-state index is 1.32. The number of rotatable bonds is 2. The SMILES string of the molecule is CCCC.O=[PH](O)OCl. The van der Waals surface area contributed by atoms with Gasteiger partial charge in [-0.1, -0.05) is 26.7 Å². The van der Waals surface area contributed by atoms with Crippen LogP contribution in [0.1, 0.15) is 26.7 Å². The minimum Gasteiger partial charge on any atom is -0.326 e. The summed E-state index contributed by atoms with van der Waals surface area (Å²) in [7, 11) is -2.86. The van der Waals surface area contributed by atoms with E-state index >= 15 is 0 Å². The van der Waals surface area contributed by atoms with E-state index in [0.29, 0.717) is 0 Å². The van der Waals surface area contributed by atoms with Gasteiger partial charge in [0.05, 0.1) is 11.9 Å². The molecule has 1 unspecified atom stereocenters. The highest BCUT2D eigenvalue weighted by atomic mass is 35.5. The van der Waals surface area contributed by atoms with Crippen LogP contribution in [0.5, 0.6) is 0 Å². The van der Waals surface area contributed by atoms with E-state index in [1.807, 2.05) is 0 Å². The summed E-state index contributed by atoms with van der Waals surface area (Å²) in [6, 6.07) is 0. The number of unbranched alkanes of at least 4 members (excludes halogenated alkanes) is 1. The first kappa shape index (κ1) is 12.1. The van der Waals surface area contributed by atoms with E-state index in [2.05, 4.69) is 29.8 Å². The maximum atomic E-state index is 9.20. The summed E-state index contributed by atoms with van der Waals surface area (Å²) in [6.45, 7) is 4.36. The van der Waals surface area contributed by atoms with Crippen LogP contribution in [0, 0.1) is 0 Å². The molecule has 1 N–H and O–H groups in total. The summed E-state index contributed by atoms with van der Waals surface area (Å²) in [6.07, 6.45) is 2.64. The Hall–Kier alpha value is 0.440. The molecule has 0 aliphatic rings. The summed E-state index contributed by atoms with van der Waals surface area (Å²) in [4.78, 5) is 7.55. The van der Waals surface area contributed by atoms with E-state index < -0.39 is 8.25 Å². The second-order valence-corrected chi connectivity index (χ2v) is 2.49. The Kier molecular flexibility index (Phi) is 15.2. The summed E-state index contributed by atoms with van der Waals surface area (Å²) in [5.41, 5.74) is 0.